The topological polar surface area (TPSA) is 79.3 Å². The van der Waals surface area contributed by atoms with E-state index in [0.29, 0.717) is 19.6 Å². The number of hydrogen-bond donors (Lipinski definition) is 1. The minimum atomic E-state index is -3.32. The van der Waals surface area contributed by atoms with E-state index in [1.807, 2.05) is 19.1 Å². The molecule has 1 aromatic rings. The molecular formula is C16H24N2O5S. The summed E-state index contributed by atoms with van der Waals surface area (Å²) in [6, 6.07) is 3.92. The number of sulfonamides is 1. The Morgan fingerprint density at radius 2 is 1.92 bits per heavy atom. The summed E-state index contributed by atoms with van der Waals surface area (Å²) in [4.78, 5) is 2.09. The molecular weight excluding hydrogens is 332 g/mol. The molecule has 0 amide bonds. The normalized spacial score (nSPS) is 24.0. The van der Waals surface area contributed by atoms with Gasteiger partial charge in [-0.05, 0) is 30.2 Å². The Bertz CT molecular complexity index is 719. The first-order valence-corrected chi connectivity index (χ1v) is 9.57. The van der Waals surface area contributed by atoms with Crippen molar-refractivity contribution in [3.8, 4) is 11.5 Å². The lowest BCUT2D eigenvalue weighted by atomic mass is 10.1. The molecule has 24 heavy (non-hydrogen) atoms. The van der Waals surface area contributed by atoms with Gasteiger partial charge in [-0.15, -0.1) is 0 Å². The summed E-state index contributed by atoms with van der Waals surface area (Å²) in [6.07, 6.45) is -0.631. The number of likely N-dealkylation sites (tertiary alicyclic amines) is 1. The number of nitrogens with zero attached hydrogens (tertiary/aromatic N) is 2. The highest BCUT2D eigenvalue weighted by Gasteiger charge is 2.35. The van der Waals surface area contributed by atoms with Crippen LogP contribution in [0.25, 0.3) is 0 Å². The van der Waals surface area contributed by atoms with Gasteiger partial charge in [-0.3, -0.25) is 4.90 Å². The fourth-order valence-corrected chi connectivity index (χ4v) is 4.32. The Morgan fingerprint density at radius 3 is 2.58 bits per heavy atom. The highest BCUT2D eigenvalue weighted by atomic mass is 32.2. The van der Waals surface area contributed by atoms with E-state index in [1.54, 1.807) is 0 Å². The van der Waals surface area contributed by atoms with Crippen LogP contribution in [0.3, 0.4) is 0 Å². The molecule has 8 heteroatoms. The summed E-state index contributed by atoms with van der Waals surface area (Å²) in [5.74, 6) is 1.19. The van der Waals surface area contributed by atoms with Crippen LogP contribution in [-0.2, 0) is 16.6 Å². The molecule has 7 nitrogen and oxygen atoms in total. The molecule has 0 bridgehead atoms. The Morgan fingerprint density at radius 1 is 1.25 bits per heavy atom. The van der Waals surface area contributed by atoms with Crippen molar-refractivity contribution in [1.29, 1.82) is 0 Å². The second kappa shape index (κ2) is 6.51. The number of ether oxygens (including phenoxy) is 2. The molecule has 2 atom stereocenters. The first-order valence-electron chi connectivity index (χ1n) is 7.96. The average molecular weight is 356 g/mol. The van der Waals surface area contributed by atoms with Crippen molar-refractivity contribution in [3.63, 3.8) is 0 Å². The summed E-state index contributed by atoms with van der Waals surface area (Å²) in [6.45, 7) is 3.94. The first kappa shape index (κ1) is 17.5. The highest BCUT2D eigenvalue weighted by Crippen LogP contribution is 2.35. The molecule has 1 aromatic carbocycles. The van der Waals surface area contributed by atoms with Crippen molar-refractivity contribution >= 4 is 10.0 Å². The van der Waals surface area contributed by atoms with Crippen LogP contribution >= 0.6 is 0 Å². The monoisotopic (exact) mass is 356 g/mol. The van der Waals surface area contributed by atoms with Gasteiger partial charge in [0.15, 0.2) is 11.5 Å². The third-order valence-electron chi connectivity index (χ3n) is 4.69. The molecule has 0 unspecified atom stereocenters. The van der Waals surface area contributed by atoms with Crippen molar-refractivity contribution in [3.05, 3.63) is 23.3 Å². The van der Waals surface area contributed by atoms with Gasteiger partial charge in [-0.1, -0.05) is 0 Å². The van der Waals surface area contributed by atoms with Crippen LogP contribution in [0.4, 0.5) is 0 Å². The van der Waals surface area contributed by atoms with Crippen LogP contribution in [0.5, 0.6) is 11.5 Å². The zero-order valence-corrected chi connectivity index (χ0v) is 15.0. The lowest BCUT2D eigenvalue weighted by molar-refractivity contribution is 0.148. The maximum atomic E-state index is 12.0. The van der Waals surface area contributed by atoms with E-state index in [0.717, 1.165) is 22.6 Å². The second-order valence-corrected chi connectivity index (χ2v) is 8.94. The number of aryl methyl sites for hydroxylation is 1. The van der Waals surface area contributed by atoms with Gasteiger partial charge in [0.05, 0.1) is 11.9 Å². The molecule has 1 fully saturated rings. The minimum Gasteiger partial charge on any atom is -0.454 e. The quantitative estimate of drug-likeness (QED) is 0.823. The number of fused-ring (bicyclic) bond motifs is 1. The Kier molecular flexibility index (Phi) is 4.74. The standard InChI is InChI=1S/C16H24N2O5S/c1-11-4-15-16(23-10-22-15)5-12(11)6-18-7-13(14(19)8-18)9-24(20,21)17(2)3/h4-5,13-14,19H,6-10H2,1-3H3/t13-,14-/m0/s1. The van der Waals surface area contributed by atoms with Gasteiger partial charge in [0.1, 0.15) is 0 Å². The molecule has 2 aliphatic rings. The zero-order valence-electron chi connectivity index (χ0n) is 14.2. The highest BCUT2D eigenvalue weighted by molar-refractivity contribution is 7.89. The lowest BCUT2D eigenvalue weighted by Gasteiger charge is -2.18. The number of aliphatic hydroxyl groups excluding tert-OH is 1. The number of benzene rings is 1. The smallest absolute Gasteiger partial charge is 0.231 e. The summed E-state index contributed by atoms with van der Waals surface area (Å²) >= 11 is 0. The molecule has 0 radical (unpaired) electrons. The van der Waals surface area contributed by atoms with Crippen LogP contribution in [0, 0.1) is 12.8 Å². The average Bonchev–Trinajstić information content (AvgIpc) is 3.06. The van der Waals surface area contributed by atoms with Crippen LogP contribution < -0.4 is 9.47 Å². The van der Waals surface area contributed by atoms with Crippen molar-refractivity contribution in [2.24, 2.45) is 5.92 Å². The largest absolute Gasteiger partial charge is 0.454 e. The molecule has 0 saturated carbocycles. The van der Waals surface area contributed by atoms with Gasteiger partial charge in [-0.25, -0.2) is 12.7 Å². The van der Waals surface area contributed by atoms with E-state index in [-0.39, 0.29) is 18.5 Å². The van der Waals surface area contributed by atoms with Gasteiger partial charge in [-0.2, -0.15) is 0 Å². The van der Waals surface area contributed by atoms with E-state index in [1.165, 1.54) is 18.4 Å². The number of rotatable bonds is 5. The maximum absolute atomic E-state index is 12.0. The number of hydrogen-bond acceptors (Lipinski definition) is 6. The molecule has 0 aromatic heterocycles. The summed E-state index contributed by atoms with van der Waals surface area (Å²) < 4.78 is 36.1. The summed E-state index contributed by atoms with van der Waals surface area (Å²) in [7, 11) is -0.280. The van der Waals surface area contributed by atoms with E-state index in [4.69, 9.17) is 9.47 Å². The number of β-amino-alcohol motifs (C(OH)–C–C–N with tert-alkyl or cyclic N) is 1. The third kappa shape index (κ3) is 3.51. The van der Waals surface area contributed by atoms with Crippen LogP contribution in [0.1, 0.15) is 11.1 Å². The van der Waals surface area contributed by atoms with E-state index < -0.39 is 16.1 Å². The molecule has 134 valence electrons. The van der Waals surface area contributed by atoms with Crippen LogP contribution in [0.2, 0.25) is 0 Å². The fraction of sp³-hybridized carbons (Fsp3) is 0.625. The lowest BCUT2D eigenvalue weighted by Crippen LogP contribution is -2.33. The molecule has 0 spiro atoms. The van der Waals surface area contributed by atoms with Gasteiger partial charge >= 0.3 is 0 Å². The predicted molar refractivity (Wildman–Crippen MR) is 89.5 cm³/mol. The van der Waals surface area contributed by atoms with Gasteiger partial charge in [0.2, 0.25) is 16.8 Å². The van der Waals surface area contributed by atoms with E-state index in [2.05, 4.69) is 4.90 Å². The maximum Gasteiger partial charge on any atom is 0.231 e. The van der Waals surface area contributed by atoms with Gasteiger partial charge in [0.25, 0.3) is 0 Å². The van der Waals surface area contributed by atoms with E-state index >= 15 is 0 Å². The Hall–Kier alpha value is -1.35. The SMILES string of the molecule is Cc1cc2c(cc1CN1C[C@@H](CS(=O)(=O)N(C)C)[C@@H](O)C1)OCO2. The second-order valence-electron chi connectivity index (χ2n) is 6.71. The molecule has 1 N–H and O–H groups in total. The van der Waals surface area contributed by atoms with Gasteiger partial charge < -0.3 is 14.6 Å². The number of aliphatic hydroxyl groups is 1. The minimum absolute atomic E-state index is 0.0300. The molecule has 0 aliphatic carbocycles. The fourth-order valence-electron chi connectivity index (χ4n) is 3.15. The molecule has 2 heterocycles. The third-order valence-corrected chi connectivity index (χ3v) is 6.65. The van der Waals surface area contributed by atoms with Gasteiger partial charge in [0, 0.05) is 39.6 Å². The van der Waals surface area contributed by atoms with E-state index in [9.17, 15) is 13.5 Å². The summed E-state index contributed by atoms with van der Waals surface area (Å²) in [5, 5.41) is 10.2. The van der Waals surface area contributed by atoms with Crippen molar-refractivity contribution in [2.75, 3.05) is 39.7 Å². The molecule has 2 aliphatic heterocycles. The van der Waals surface area contributed by atoms with Crippen LogP contribution in [0.15, 0.2) is 12.1 Å². The zero-order chi connectivity index (χ0) is 17.5. The predicted octanol–water partition coefficient (Wildman–Crippen LogP) is 0.408. The van der Waals surface area contributed by atoms with Crippen molar-refractivity contribution in [1.82, 2.24) is 9.21 Å². The van der Waals surface area contributed by atoms with Crippen molar-refractivity contribution < 1.29 is 23.0 Å². The summed E-state index contributed by atoms with van der Waals surface area (Å²) in [5.41, 5.74) is 2.20. The van der Waals surface area contributed by atoms with Crippen molar-refractivity contribution in [2.45, 2.75) is 19.6 Å². The molecule has 1 saturated heterocycles. The Balaban J connectivity index is 1.68. The molecule has 3 rings (SSSR count). The first-order chi connectivity index (χ1) is 11.3. The van der Waals surface area contributed by atoms with Crippen LogP contribution in [-0.4, -0.2) is 68.6 Å². The Labute approximate surface area is 142 Å².